The molecule has 7 heteroatoms. The zero-order valence-corrected chi connectivity index (χ0v) is 17.6. The summed E-state index contributed by atoms with van der Waals surface area (Å²) in [4.78, 5) is 0. The summed E-state index contributed by atoms with van der Waals surface area (Å²) in [5.74, 6) is 0.792. The molecule has 1 N–H and O–H groups in total. The standard InChI is InChI=1S/C23H30O7/c1-25-18-11-9-17(10-12-18)13-28-15-19-20(29-14-16-7-5-4-6-8-16)21(26-2)22(27-3)23(24)30-19/h4-12,19-24H,13-15H2,1-3H3/t19-,20+,21+,22-,23-/m1/s1. The molecule has 164 valence electrons. The maximum absolute atomic E-state index is 10.4. The van der Waals surface area contributed by atoms with Crippen LogP contribution in [0.2, 0.25) is 0 Å². The summed E-state index contributed by atoms with van der Waals surface area (Å²) in [6.45, 7) is 1.02. The molecule has 1 aliphatic rings. The lowest BCUT2D eigenvalue weighted by atomic mass is 9.98. The minimum atomic E-state index is -1.13. The number of rotatable bonds is 10. The molecule has 0 unspecified atom stereocenters. The molecule has 0 saturated carbocycles. The third-order valence-corrected chi connectivity index (χ3v) is 5.15. The summed E-state index contributed by atoms with van der Waals surface area (Å²) in [5.41, 5.74) is 2.04. The summed E-state index contributed by atoms with van der Waals surface area (Å²) < 4.78 is 34.0. The molecule has 0 aliphatic carbocycles. The molecule has 0 radical (unpaired) electrons. The third-order valence-electron chi connectivity index (χ3n) is 5.15. The van der Waals surface area contributed by atoms with Crippen molar-refractivity contribution in [3.8, 4) is 5.75 Å². The molecule has 1 saturated heterocycles. The Morgan fingerprint density at radius 2 is 1.47 bits per heavy atom. The molecule has 5 atom stereocenters. The van der Waals surface area contributed by atoms with E-state index in [1.165, 1.54) is 7.11 Å². The average molecular weight is 418 g/mol. The van der Waals surface area contributed by atoms with Crippen LogP contribution in [0.15, 0.2) is 54.6 Å². The van der Waals surface area contributed by atoms with Gasteiger partial charge in [-0.15, -0.1) is 0 Å². The number of hydrogen-bond donors (Lipinski definition) is 1. The van der Waals surface area contributed by atoms with E-state index in [-0.39, 0.29) is 6.61 Å². The Kier molecular flexibility index (Phi) is 8.62. The Morgan fingerprint density at radius 3 is 2.10 bits per heavy atom. The van der Waals surface area contributed by atoms with Crippen molar-refractivity contribution in [3.05, 3.63) is 65.7 Å². The topological polar surface area (TPSA) is 75.6 Å². The minimum Gasteiger partial charge on any atom is -0.497 e. The van der Waals surface area contributed by atoms with E-state index < -0.39 is 30.7 Å². The monoisotopic (exact) mass is 418 g/mol. The maximum atomic E-state index is 10.4. The molecule has 0 spiro atoms. The van der Waals surface area contributed by atoms with Gasteiger partial charge in [0.2, 0.25) is 0 Å². The van der Waals surface area contributed by atoms with Crippen molar-refractivity contribution in [1.29, 1.82) is 0 Å². The van der Waals surface area contributed by atoms with Crippen LogP contribution in [0.25, 0.3) is 0 Å². The zero-order chi connectivity index (χ0) is 21.3. The lowest BCUT2D eigenvalue weighted by Gasteiger charge is -2.43. The van der Waals surface area contributed by atoms with Crippen LogP contribution in [0.3, 0.4) is 0 Å². The number of benzene rings is 2. The first-order valence-electron chi connectivity index (χ1n) is 9.91. The van der Waals surface area contributed by atoms with Gasteiger partial charge in [-0.1, -0.05) is 42.5 Å². The lowest BCUT2D eigenvalue weighted by molar-refractivity contribution is -0.306. The van der Waals surface area contributed by atoms with Crippen molar-refractivity contribution in [2.24, 2.45) is 0 Å². The molecule has 1 aliphatic heterocycles. The second kappa shape index (κ2) is 11.4. The van der Waals surface area contributed by atoms with E-state index in [9.17, 15) is 5.11 Å². The van der Waals surface area contributed by atoms with Gasteiger partial charge < -0.3 is 33.5 Å². The molecule has 3 rings (SSSR count). The Labute approximate surface area is 177 Å². The summed E-state index contributed by atoms with van der Waals surface area (Å²) in [5, 5.41) is 10.4. The molecule has 0 amide bonds. The zero-order valence-electron chi connectivity index (χ0n) is 17.6. The Balaban J connectivity index is 1.64. The van der Waals surface area contributed by atoms with Gasteiger partial charge in [0.25, 0.3) is 0 Å². The first kappa shape index (κ1) is 22.7. The number of aliphatic hydroxyl groups excluding tert-OH is 1. The summed E-state index contributed by atoms with van der Waals surface area (Å²) in [7, 11) is 4.72. The Bertz CT molecular complexity index is 737. The SMILES string of the molecule is COc1ccc(COC[C@H]2O[C@@H](O)[C@H](OC)[C@@H](OC)[C@H]2OCc2ccccc2)cc1. The smallest absolute Gasteiger partial charge is 0.184 e. The van der Waals surface area contributed by atoms with Gasteiger partial charge in [0.05, 0.1) is 26.9 Å². The van der Waals surface area contributed by atoms with Crippen LogP contribution < -0.4 is 4.74 Å². The third kappa shape index (κ3) is 5.78. The Morgan fingerprint density at radius 1 is 0.800 bits per heavy atom. The van der Waals surface area contributed by atoms with Crippen molar-refractivity contribution in [2.45, 2.75) is 43.9 Å². The highest BCUT2D eigenvalue weighted by Gasteiger charge is 2.47. The van der Waals surface area contributed by atoms with Crippen LogP contribution in [-0.2, 0) is 36.9 Å². The summed E-state index contributed by atoms with van der Waals surface area (Å²) in [6.07, 6.45) is -3.28. The van der Waals surface area contributed by atoms with Gasteiger partial charge in [0, 0.05) is 14.2 Å². The molecular formula is C23H30O7. The normalized spacial score (nSPS) is 26.5. The fourth-order valence-corrected chi connectivity index (χ4v) is 3.53. The van der Waals surface area contributed by atoms with E-state index in [0.717, 1.165) is 16.9 Å². The minimum absolute atomic E-state index is 0.235. The number of ether oxygens (including phenoxy) is 6. The predicted octanol–water partition coefficient (Wildman–Crippen LogP) is 2.54. The van der Waals surface area contributed by atoms with Crippen LogP contribution in [-0.4, -0.2) is 63.7 Å². The maximum Gasteiger partial charge on any atom is 0.184 e. The number of methoxy groups -OCH3 is 3. The quantitative estimate of drug-likeness (QED) is 0.635. The second-order valence-corrected chi connectivity index (χ2v) is 7.09. The van der Waals surface area contributed by atoms with E-state index in [1.807, 2.05) is 54.6 Å². The summed E-state index contributed by atoms with van der Waals surface area (Å²) >= 11 is 0. The van der Waals surface area contributed by atoms with Crippen molar-refractivity contribution in [1.82, 2.24) is 0 Å². The van der Waals surface area contributed by atoms with Gasteiger partial charge in [0.1, 0.15) is 30.2 Å². The van der Waals surface area contributed by atoms with Gasteiger partial charge in [-0.2, -0.15) is 0 Å². The lowest BCUT2D eigenvalue weighted by Crippen LogP contribution is -2.60. The van der Waals surface area contributed by atoms with Gasteiger partial charge in [0.15, 0.2) is 6.29 Å². The van der Waals surface area contributed by atoms with Gasteiger partial charge in [-0.25, -0.2) is 0 Å². The Hall–Kier alpha value is -2.00. The van der Waals surface area contributed by atoms with Crippen LogP contribution in [0.5, 0.6) is 5.75 Å². The number of hydrogen-bond acceptors (Lipinski definition) is 7. The predicted molar refractivity (Wildman–Crippen MR) is 110 cm³/mol. The highest BCUT2D eigenvalue weighted by atomic mass is 16.7. The molecule has 0 bridgehead atoms. The summed E-state index contributed by atoms with van der Waals surface area (Å²) in [6, 6.07) is 17.5. The van der Waals surface area contributed by atoms with Gasteiger partial charge in [-0.05, 0) is 23.3 Å². The van der Waals surface area contributed by atoms with E-state index in [0.29, 0.717) is 13.2 Å². The molecule has 1 fully saturated rings. The molecule has 30 heavy (non-hydrogen) atoms. The average Bonchev–Trinajstić information content (AvgIpc) is 2.79. The van der Waals surface area contributed by atoms with Gasteiger partial charge >= 0.3 is 0 Å². The fraction of sp³-hybridized carbons (Fsp3) is 0.478. The first-order valence-corrected chi connectivity index (χ1v) is 9.91. The fourth-order valence-electron chi connectivity index (χ4n) is 3.53. The van der Waals surface area contributed by atoms with Crippen LogP contribution >= 0.6 is 0 Å². The largest absolute Gasteiger partial charge is 0.497 e. The number of aliphatic hydroxyl groups is 1. The molecule has 2 aromatic rings. The van der Waals surface area contributed by atoms with Crippen molar-refractivity contribution in [2.75, 3.05) is 27.9 Å². The van der Waals surface area contributed by atoms with Gasteiger partial charge in [-0.3, -0.25) is 0 Å². The van der Waals surface area contributed by atoms with Crippen LogP contribution in [0.4, 0.5) is 0 Å². The van der Waals surface area contributed by atoms with Crippen molar-refractivity contribution in [3.63, 3.8) is 0 Å². The molecule has 0 aromatic heterocycles. The second-order valence-electron chi connectivity index (χ2n) is 7.09. The molecule has 2 aromatic carbocycles. The first-order chi connectivity index (χ1) is 14.7. The van der Waals surface area contributed by atoms with Crippen LogP contribution in [0.1, 0.15) is 11.1 Å². The van der Waals surface area contributed by atoms with E-state index in [1.54, 1.807) is 14.2 Å². The van der Waals surface area contributed by atoms with Crippen LogP contribution in [0, 0.1) is 0 Å². The van der Waals surface area contributed by atoms with Crippen molar-refractivity contribution >= 4 is 0 Å². The molecule has 7 nitrogen and oxygen atoms in total. The van der Waals surface area contributed by atoms with Crippen molar-refractivity contribution < 1.29 is 33.5 Å². The van der Waals surface area contributed by atoms with E-state index in [4.69, 9.17) is 28.4 Å². The highest BCUT2D eigenvalue weighted by Crippen LogP contribution is 2.27. The molecular weight excluding hydrogens is 388 g/mol. The highest BCUT2D eigenvalue weighted by molar-refractivity contribution is 5.26. The van der Waals surface area contributed by atoms with E-state index in [2.05, 4.69) is 0 Å². The van der Waals surface area contributed by atoms with E-state index >= 15 is 0 Å². The molecule has 1 heterocycles.